The maximum atomic E-state index is 12.9. The van der Waals surface area contributed by atoms with E-state index in [4.69, 9.17) is 19.6 Å². The Morgan fingerprint density at radius 2 is 1.91 bits per heavy atom. The number of ether oxygens (including phenoxy) is 2. The Morgan fingerprint density at radius 1 is 1.12 bits per heavy atom. The highest BCUT2D eigenvalue weighted by molar-refractivity contribution is 5.91. The Morgan fingerprint density at radius 3 is 2.66 bits per heavy atom. The average molecular weight is 433 g/mol. The van der Waals surface area contributed by atoms with Gasteiger partial charge in [0.25, 0.3) is 5.91 Å². The fourth-order valence-corrected chi connectivity index (χ4v) is 2.72. The average Bonchev–Trinajstić information content (AvgIpc) is 2.82. The second kappa shape index (κ2) is 11.1. The lowest BCUT2D eigenvalue weighted by molar-refractivity contribution is -0.118. The van der Waals surface area contributed by atoms with Crippen molar-refractivity contribution in [3.05, 3.63) is 89.2 Å². The van der Waals surface area contributed by atoms with Gasteiger partial charge in [0.05, 0.1) is 25.0 Å². The lowest BCUT2D eigenvalue weighted by Crippen LogP contribution is -2.20. The predicted molar refractivity (Wildman–Crippen MR) is 117 cm³/mol. The molecular formula is C24H20FN3O4. The number of hydrogen-bond donors (Lipinski definition) is 1. The molecule has 8 heteroatoms. The van der Waals surface area contributed by atoms with Crippen LogP contribution in [0.1, 0.15) is 16.7 Å². The fourth-order valence-electron chi connectivity index (χ4n) is 2.72. The Labute approximate surface area is 184 Å². The summed E-state index contributed by atoms with van der Waals surface area (Å²) in [6.45, 7) is -0.0791. The van der Waals surface area contributed by atoms with Gasteiger partial charge in [0.2, 0.25) is 0 Å². The number of hydrogen-bond acceptors (Lipinski definition) is 6. The number of nitrogens with one attached hydrogen (secondary N) is 1. The summed E-state index contributed by atoms with van der Waals surface area (Å²) in [5, 5.41) is 15.6. The van der Waals surface area contributed by atoms with Gasteiger partial charge in [-0.25, -0.2) is 4.39 Å². The number of benzene rings is 3. The molecule has 0 unspecified atom stereocenters. The van der Waals surface area contributed by atoms with Crippen LogP contribution in [0.4, 0.5) is 10.1 Å². The topological polar surface area (TPSA) is 92.9 Å². The van der Waals surface area contributed by atoms with Gasteiger partial charge in [-0.3, -0.25) is 4.79 Å². The van der Waals surface area contributed by atoms with Crippen molar-refractivity contribution in [3.63, 3.8) is 0 Å². The summed E-state index contributed by atoms with van der Waals surface area (Å²) in [6.07, 6.45) is 1.50. The zero-order chi connectivity index (χ0) is 22.8. The third-order valence-electron chi connectivity index (χ3n) is 4.31. The molecule has 0 bridgehead atoms. The summed E-state index contributed by atoms with van der Waals surface area (Å²) in [4.78, 5) is 17.3. The van der Waals surface area contributed by atoms with Crippen LogP contribution >= 0.6 is 0 Å². The van der Waals surface area contributed by atoms with E-state index in [2.05, 4.69) is 16.5 Å². The quantitative estimate of drug-likeness (QED) is 0.402. The van der Waals surface area contributed by atoms with E-state index in [-0.39, 0.29) is 19.0 Å². The van der Waals surface area contributed by atoms with Gasteiger partial charge in [-0.2, -0.15) is 5.26 Å². The molecule has 1 N–H and O–H groups in total. The van der Waals surface area contributed by atoms with E-state index in [0.717, 1.165) is 5.56 Å². The molecule has 0 aliphatic carbocycles. The number of oxime groups is 1. The van der Waals surface area contributed by atoms with Crippen LogP contribution in [0.2, 0.25) is 0 Å². The van der Waals surface area contributed by atoms with Crippen LogP contribution < -0.4 is 14.8 Å². The zero-order valence-electron chi connectivity index (χ0n) is 17.2. The standard InChI is InChI=1S/C24H20FN3O4/c1-30-23-12-17(14-27-32-15-19-5-3-2-4-18(19)13-26)6-11-22(23)31-16-24(29)28-21-9-7-20(25)8-10-21/h2-12,14H,15-16H2,1H3,(H,28,29)/b27-14-. The highest BCUT2D eigenvalue weighted by Gasteiger charge is 2.09. The summed E-state index contributed by atoms with van der Waals surface area (Å²) in [5.74, 6) is 0.0153. The van der Waals surface area contributed by atoms with Crippen LogP contribution in [-0.4, -0.2) is 25.8 Å². The minimum atomic E-state index is -0.393. The van der Waals surface area contributed by atoms with E-state index in [1.165, 1.54) is 37.6 Å². The number of rotatable bonds is 9. The molecule has 32 heavy (non-hydrogen) atoms. The van der Waals surface area contributed by atoms with E-state index in [0.29, 0.717) is 28.3 Å². The summed E-state index contributed by atoms with van der Waals surface area (Å²) in [6, 6.07) is 19.7. The molecule has 0 aliphatic rings. The van der Waals surface area contributed by atoms with Crippen molar-refractivity contribution in [2.45, 2.75) is 6.61 Å². The molecule has 0 atom stereocenters. The molecule has 0 fully saturated rings. The maximum Gasteiger partial charge on any atom is 0.262 e. The van der Waals surface area contributed by atoms with Gasteiger partial charge in [0.1, 0.15) is 12.4 Å². The molecule has 0 aromatic heterocycles. The minimum Gasteiger partial charge on any atom is -0.493 e. The summed E-state index contributed by atoms with van der Waals surface area (Å²) < 4.78 is 23.8. The number of amides is 1. The van der Waals surface area contributed by atoms with Gasteiger partial charge in [-0.1, -0.05) is 23.4 Å². The SMILES string of the molecule is COc1cc(/C=N\OCc2ccccc2C#N)ccc1OCC(=O)Nc1ccc(F)cc1. The molecule has 0 heterocycles. The highest BCUT2D eigenvalue weighted by Crippen LogP contribution is 2.27. The van der Waals surface area contributed by atoms with Crippen LogP contribution in [-0.2, 0) is 16.2 Å². The molecule has 0 spiro atoms. The largest absolute Gasteiger partial charge is 0.493 e. The molecule has 0 aliphatic heterocycles. The second-order valence-corrected chi connectivity index (χ2v) is 6.53. The Kier molecular flexibility index (Phi) is 7.76. The second-order valence-electron chi connectivity index (χ2n) is 6.53. The molecule has 3 aromatic rings. The first-order valence-corrected chi connectivity index (χ1v) is 9.58. The smallest absolute Gasteiger partial charge is 0.262 e. The monoisotopic (exact) mass is 433 g/mol. The number of carbonyl (C=O) groups is 1. The molecule has 0 saturated heterocycles. The number of methoxy groups -OCH3 is 1. The van der Waals surface area contributed by atoms with Gasteiger partial charge >= 0.3 is 0 Å². The third-order valence-corrected chi connectivity index (χ3v) is 4.31. The molecule has 3 aromatic carbocycles. The minimum absolute atomic E-state index is 0.168. The Bertz CT molecular complexity index is 1140. The van der Waals surface area contributed by atoms with Gasteiger partial charge < -0.3 is 19.6 Å². The van der Waals surface area contributed by atoms with Crippen molar-refractivity contribution in [3.8, 4) is 17.6 Å². The predicted octanol–water partition coefficient (Wildman–Crippen LogP) is 4.27. The first-order valence-electron chi connectivity index (χ1n) is 9.58. The zero-order valence-corrected chi connectivity index (χ0v) is 17.2. The van der Waals surface area contributed by atoms with Crippen molar-refractivity contribution < 1.29 is 23.5 Å². The van der Waals surface area contributed by atoms with E-state index in [1.54, 1.807) is 36.4 Å². The summed E-state index contributed by atoms with van der Waals surface area (Å²) in [7, 11) is 1.48. The third kappa shape index (κ3) is 6.31. The van der Waals surface area contributed by atoms with Crippen molar-refractivity contribution in [2.24, 2.45) is 5.16 Å². The van der Waals surface area contributed by atoms with Crippen LogP contribution in [0.25, 0.3) is 0 Å². The first kappa shape index (κ1) is 22.3. The van der Waals surface area contributed by atoms with Crippen LogP contribution in [0.15, 0.2) is 71.9 Å². The number of carbonyl (C=O) groups excluding carboxylic acids is 1. The van der Waals surface area contributed by atoms with Gasteiger partial charge in [-0.05, 0) is 48.5 Å². The highest BCUT2D eigenvalue weighted by atomic mass is 19.1. The van der Waals surface area contributed by atoms with Crippen molar-refractivity contribution in [1.29, 1.82) is 5.26 Å². The molecule has 162 valence electrons. The maximum absolute atomic E-state index is 12.9. The van der Waals surface area contributed by atoms with Crippen molar-refractivity contribution in [2.75, 3.05) is 19.0 Å². The van der Waals surface area contributed by atoms with Gasteiger partial charge in [-0.15, -0.1) is 0 Å². The lowest BCUT2D eigenvalue weighted by Gasteiger charge is -2.11. The molecule has 1 amide bonds. The Hall–Kier alpha value is -4.38. The van der Waals surface area contributed by atoms with Gasteiger partial charge in [0, 0.05) is 16.8 Å². The summed E-state index contributed by atoms with van der Waals surface area (Å²) >= 11 is 0. The number of nitrogens with zero attached hydrogens (tertiary/aromatic N) is 2. The van der Waals surface area contributed by atoms with Gasteiger partial charge in [0.15, 0.2) is 18.1 Å². The number of nitriles is 1. The number of halogens is 1. The van der Waals surface area contributed by atoms with Crippen molar-refractivity contribution in [1.82, 2.24) is 0 Å². The summed E-state index contributed by atoms with van der Waals surface area (Å²) in [5.41, 5.74) is 2.44. The van der Waals surface area contributed by atoms with Crippen molar-refractivity contribution >= 4 is 17.8 Å². The van der Waals surface area contributed by atoms with E-state index >= 15 is 0 Å². The molecule has 0 radical (unpaired) electrons. The molecule has 7 nitrogen and oxygen atoms in total. The molecule has 3 rings (SSSR count). The fraction of sp³-hybridized carbons (Fsp3) is 0.125. The Balaban J connectivity index is 1.54. The molecule has 0 saturated carbocycles. The van der Waals surface area contributed by atoms with Crippen LogP contribution in [0, 0.1) is 17.1 Å². The normalized spacial score (nSPS) is 10.4. The van der Waals surface area contributed by atoms with E-state index < -0.39 is 5.91 Å². The van der Waals surface area contributed by atoms with E-state index in [9.17, 15) is 9.18 Å². The number of anilines is 1. The first-order chi connectivity index (χ1) is 15.6. The van der Waals surface area contributed by atoms with Crippen LogP contribution in [0.5, 0.6) is 11.5 Å². The molecular weight excluding hydrogens is 413 g/mol. The van der Waals surface area contributed by atoms with E-state index in [1.807, 2.05) is 6.07 Å². The lowest BCUT2D eigenvalue weighted by atomic mass is 10.1. The van der Waals surface area contributed by atoms with Crippen LogP contribution in [0.3, 0.4) is 0 Å².